The van der Waals surface area contributed by atoms with Gasteiger partial charge in [0.2, 0.25) is 0 Å². The molecule has 0 spiro atoms. The minimum absolute atomic E-state index is 0.461. The standard InChI is InChI=1S/C11H10ClNO/c1-7(14)8-2-3-9-4-10(12)6-13-11(9)5-8/h2-7,14H,1H3. The normalized spacial score (nSPS) is 13.1. The van der Waals surface area contributed by atoms with E-state index in [0.717, 1.165) is 16.5 Å². The van der Waals surface area contributed by atoms with Gasteiger partial charge >= 0.3 is 0 Å². The highest BCUT2D eigenvalue weighted by Crippen LogP contribution is 2.20. The maximum Gasteiger partial charge on any atom is 0.0762 e. The van der Waals surface area contributed by atoms with Crippen LogP contribution in [0.2, 0.25) is 5.02 Å². The highest BCUT2D eigenvalue weighted by atomic mass is 35.5. The highest BCUT2D eigenvalue weighted by Gasteiger charge is 2.02. The highest BCUT2D eigenvalue weighted by molar-refractivity contribution is 6.31. The summed E-state index contributed by atoms with van der Waals surface area (Å²) < 4.78 is 0. The van der Waals surface area contributed by atoms with Crippen LogP contribution >= 0.6 is 11.6 Å². The lowest BCUT2D eigenvalue weighted by Crippen LogP contribution is -1.91. The fourth-order valence-corrected chi connectivity index (χ4v) is 1.54. The molecule has 1 N–H and O–H groups in total. The van der Waals surface area contributed by atoms with Crippen LogP contribution < -0.4 is 0 Å². The van der Waals surface area contributed by atoms with E-state index in [1.807, 2.05) is 24.3 Å². The Kier molecular flexibility index (Phi) is 2.40. The molecule has 0 aliphatic rings. The molecule has 0 aliphatic heterocycles. The summed E-state index contributed by atoms with van der Waals surface area (Å²) in [5.41, 5.74) is 1.72. The van der Waals surface area contributed by atoms with E-state index in [2.05, 4.69) is 4.98 Å². The SMILES string of the molecule is CC(O)c1ccc2cc(Cl)cnc2c1. The lowest BCUT2D eigenvalue weighted by molar-refractivity contribution is 0.199. The summed E-state index contributed by atoms with van der Waals surface area (Å²) in [6, 6.07) is 7.52. The molecule has 2 rings (SSSR count). The molecule has 1 aromatic carbocycles. The van der Waals surface area contributed by atoms with Crippen LogP contribution in [0.3, 0.4) is 0 Å². The van der Waals surface area contributed by atoms with Crippen molar-refractivity contribution in [2.24, 2.45) is 0 Å². The molecule has 1 atom stereocenters. The molecule has 72 valence electrons. The van der Waals surface area contributed by atoms with Crippen LogP contribution in [0, 0.1) is 0 Å². The van der Waals surface area contributed by atoms with Crippen LogP contribution in [-0.4, -0.2) is 10.1 Å². The van der Waals surface area contributed by atoms with Gasteiger partial charge in [0.05, 0.1) is 16.6 Å². The van der Waals surface area contributed by atoms with Crippen molar-refractivity contribution in [3.05, 3.63) is 41.0 Å². The Morgan fingerprint density at radius 1 is 1.36 bits per heavy atom. The number of benzene rings is 1. The summed E-state index contributed by atoms with van der Waals surface area (Å²) in [6.07, 6.45) is 1.15. The minimum Gasteiger partial charge on any atom is -0.389 e. The van der Waals surface area contributed by atoms with E-state index in [4.69, 9.17) is 11.6 Å². The predicted octanol–water partition coefficient (Wildman–Crippen LogP) is 2.94. The van der Waals surface area contributed by atoms with E-state index in [1.165, 1.54) is 0 Å². The molecule has 1 heterocycles. The van der Waals surface area contributed by atoms with Crippen molar-refractivity contribution in [1.29, 1.82) is 0 Å². The van der Waals surface area contributed by atoms with Crippen LogP contribution in [0.4, 0.5) is 0 Å². The Hall–Kier alpha value is -1.12. The number of halogens is 1. The molecule has 0 saturated heterocycles. The van der Waals surface area contributed by atoms with E-state index in [9.17, 15) is 5.11 Å². The molecular formula is C11H10ClNO. The van der Waals surface area contributed by atoms with Crippen LogP contribution in [0.5, 0.6) is 0 Å². The van der Waals surface area contributed by atoms with Crippen molar-refractivity contribution in [2.45, 2.75) is 13.0 Å². The number of aliphatic hydroxyl groups is 1. The molecule has 0 saturated carbocycles. The van der Waals surface area contributed by atoms with E-state index >= 15 is 0 Å². The summed E-state index contributed by atoms with van der Waals surface area (Å²) in [7, 11) is 0. The van der Waals surface area contributed by atoms with Gasteiger partial charge in [0.15, 0.2) is 0 Å². The first-order valence-electron chi connectivity index (χ1n) is 4.40. The van der Waals surface area contributed by atoms with Crippen molar-refractivity contribution in [1.82, 2.24) is 4.98 Å². The summed E-state index contributed by atoms with van der Waals surface area (Å²) in [4.78, 5) is 4.18. The van der Waals surface area contributed by atoms with Crippen molar-refractivity contribution in [2.75, 3.05) is 0 Å². The zero-order valence-electron chi connectivity index (χ0n) is 7.74. The van der Waals surface area contributed by atoms with Crippen LogP contribution in [0.1, 0.15) is 18.6 Å². The molecule has 3 heteroatoms. The predicted molar refractivity (Wildman–Crippen MR) is 57.4 cm³/mol. The smallest absolute Gasteiger partial charge is 0.0762 e. The Balaban J connectivity index is 2.62. The van der Waals surface area contributed by atoms with Gasteiger partial charge < -0.3 is 5.11 Å². The molecule has 14 heavy (non-hydrogen) atoms. The van der Waals surface area contributed by atoms with Crippen LogP contribution in [0.15, 0.2) is 30.5 Å². The number of pyridine rings is 1. The second kappa shape index (κ2) is 3.56. The number of hydrogen-bond acceptors (Lipinski definition) is 2. The third-order valence-corrected chi connectivity index (χ3v) is 2.36. The molecule has 2 nitrogen and oxygen atoms in total. The van der Waals surface area contributed by atoms with Gasteiger partial charge in [-0.25, -0.2) is 0 Å². The quantitative estimate of drug-likeness (QED) is 0.780. The minimum atomic E-state index is -0.461. The molecule has 2 aromatic rings. The summed E-state index contributed by atoms with van der Waals surface area (Å²) >= 11 is 5.81. The first-order chi connectivity index (χ1) is 6.66. The van der Waals surface area contributed by atoms with Gasteiger partial charge in [-0.1, -0.05) is 23.7 Å². The van der Waals surface area contributed by atoms with Crippen LogP contribution in [-0.2, 0) is 0 Å². The van der Waals surface area contributed by atoms with Gasteiger partial charge in [0, 0.05) is 11.6 Å². The fraction of sp³-hybridized carbons (Fsp3) is 0.182. The Labute approximate surface area is 87.2 Å². The number of aliphatic hydroxyl groups excluding tert-OH is 1. The molecule has 0 aliphatic carbocycles. The average molecular weight is 208 g/mol. The first-order valence-corrected chi connectivity index (χ1v) is 4.78. The molecular weight excluding hydrogens is 198 g/mol. The Bertz CT molecular complexity index is 468. The zero-order valence-corrected chi connectivity index (χ0v) is 8.49. The van der Waals surface area contributed by atoms with Crippen molar-refractivity contribution in [3.8, 4) is 0 Å². The van der Waals surface area contributed by atoms with E-state index < -0.39 is 6.10 Å². The number of nitrogens with zero attached hydrogens (tertiary/aromatic N) is 1. The Morgan fingerprint density at radius 3 is 2.86 bits per heavy atom. The third kappa shape index (κ3) is 1.72. The van der Waals surface area contributed by atoms with Crippen molar-refractivity contribution in [3.63, 3.8) is 0 Å². The van der Waals surface area contributed by atoms with Crippen molar-refractivity contribution < 1.29 is 5.11 Å². The number of aromatic nitrogens is 1. The van der Waals surface area contributed by atoms with Crippen molar-refractivity contribution >= 4 is 22.5 Å². The van der Waals surface area contributed by atoms with Crippen LogP contribution in [0.25, 0.3) is 10.9 Å². The summed E-state index contributed by atoms with van der Waals surface area (Å²) in [6.45, 7) is 1.73. The summed E-state index contributed by atoms with van der Waals surface area (Å²) in [5.74, 6) is 0. The molecule has 1 aromatic heterocycles. The summed E-state index contributed by atoms with van der Waals surface area (Å²) in [5, 5.41) is 11.0. The second-order valence-electron chi connectivity index (χ2n) is 3.28. The molecule has 0 amide bonds. The van der Waals surface area contributed by atoms with E-state index in [1.54, 1.807) is 13.1 Å². The third-order valence-electron chi connectivity index (χ3n) is 2.16. The van der Waals surface area contributed by atoms with E-state index in [0.29, 0.717) is 5.02 Å². The molecule has 0 fully saturated rings. The van der Waals surface area contributed by atoms with E-state index in [-0.39, 0.29) is 0 Å². The van der Waals surface area contributed by atoms with Gasteiger partial charge in [-0.15, -0.1) is 0 Å². The lowest BCUT2D eigenvalue weighted by atomic mass is 10.1. The maximum atomic E-state index is 9.38. The molecule has 0 radical (unpaired) electrons. The largest absolute Gasteiger partial charge is 0.389 e. The number of rotatable bonds is 1. The Morgan fingerprint density at radius 2 is 2.14 bits per heavy atom. The molecule has 0 bridgehead atoms. The monoisotopic (exact) mass is 207 g/mol. The second-order valence-corrected chi connectivity index (χ2v) is 3.72. The number of fused-ring (bicyclic) bond motifs is 1. The zero-order chi connectivity index (χ0) is 10.1. The first kappa shape index (κ1) is 9.44. The fourth-order valence-electron chi connectivity index (χ4n) is 1.37. The van der Waals surface area contributed by atoms with Gasteiger partial charge in [0.1, 0.15) is 0 Å². The van der Waals surface area contributed by atoms with Gasteiger partial charge in [-0.05, 0) is 24.6 Å². The van der Waals surface area contributed by atoms with Gasteiger partial charge in [0.25, 0.3) is 0 Å². The lowest BCUT2D eigenvalue weighted by Gasteiger charge is -2.05. The number of hydrogen-bond donors (Lipinski definition) is 1. The van der Waals surface area contributed by atoms with Gasteiger partial charge in [-0.2, -0.15) is 0 Å². The van der Waals surface area contributed by atoms with Gasteiger partial charge in [-0.3, -0.25) is 4.98 Å². The average Bonchev–Trinajstić information content (AvgIpc) is 2.16. The maximum absolute atomic E-state index is 9.38. The molecule has 1 unspecified atom stereocenters. The topological polar surface area (TPSA) is 33.1 Å².